The minimum absolute atomic E-state index is 0.000741. The van der Waals surface area contributed by atoms with Crippen molar-refractivity contribution in [2.45, 2.75) is 6.42 Å². The lowest BCUT2D eigenvalue weighted by atomic mass is 10.0. The maximum Gasteiger partial charge on any atom is 0.228 e. The third-order valence-corrected chi connectivity index (χ3v) is 2.99. The summed E-state index contributed by atoms with van der Waals surface area (Å²) in [6.07, 6.45) is 1.72. The van der Waals surface area contributed by atoms with Crippen LogP contribution in [-0.4, -0.2) is 21.6 Å². The van der Waals surface area contributed by atoms with Crippen LogP contribution in [0.15, 0.2) is 29.3 Å². The van der Waals surface area contributed by atoms with Gasteiger partial charge in [-0.1, -0.05) is 12.1 Å². The van der Waals surface area contributed by atoms with E-state index in [4.69, 9.17) is 0 Å². The summed E-state index contributed by atoms with van der Waals surface area (Å²) in [7, 11) is 0. The van der Waals surface area contributed by atoms with E-state index in [1.807, 2.05) is 6.07 Å². The molecule has 0 amide bonds. The minimum Gasteiger partial charge on any atom is -0.611 e. The highest BCUT2D eigenvalue weighted by atomic mass is 32.2. The number of rotatable bonds is 0. The van der Waals surface area contributed by atoms with Crippen LogP contribution in [0.1, 0.15) is 16.8 Å². The van der Waals surface area contributed by atoms with Crippen LogP contribution in [0.3, 0.4) is 0 Å². The highest BCUT2D eigenvalue weighted by Crippen LogP contribution is 2.26. The second-order valence-electron chi connectivity index (χ2n) is 3.08. The summed E-state index contributed by atoms with van der Waals surface area (Å²) < 4.78 is 11.2. The fraction of sp³-hybridized carbons (Fsp3) is 0.200. The predicted octanol–water partition coefficient (Wildman–Crippen LogP) is 1.68. The molecule has 1 aliphatic rings. The Kier molecular flexibility index (Phi) is 2.39. The molecule has 14 heavy (non-hydrogen) atoms. The molecular weight excluding hydrogens is 198 g/mol. The molecule has 0 saturated heterocycles. The van der Waals surface area contributed by atoms with E-state index < -0.39 is 11.2 Å². The summed E-state index contributed by atoms with van der Waals surface area (Å²) in [4.78, 5) is 15.8. The number of aliphatic imine (C=N–C) groups is 1. The van der Waals surface area contributed by atoms with Gasteiger partial charge in [-0.3, -0.25) is 4.79 Å². The lowest BCUT2D eigenvalue weighted by molar-refractivity contribution is 0.100. The normalized spacial score (nSPS) is 17.3. The lowest BCUT2D eigenvalue weighted by Gasteiger charge is -2.13. The summed E-state index contributed by atoms with van der Waals surface area (Å²) in [5, 5.41) is 0.466. The third-order valence-electron chi connectivity index (χ3n) is 2.09. The standard InChI is InChI=1S/C10H9NO2S/c1-14(13)10-6-9(12)7-4-2-3-5-8(7)11-10/h2-5H,6H2,1H3. The van der Waals surface area contributed by atoms with Gasteiger partial charge >= 0.3 is 0 Å². The van der Waals surface area contributed by atoms with Crippen molar-refractivity contribution in [1.29, 1.82) is 0 Å². The van der Waals surface area contributed by atoms with Gasteiger partial charge in [0.1, 0.15) is 6.26 Å². The predicted molar refractivity (Wildman–Crippen MR) is 56.6 cm³/mol. The van der Waals surface area contributed by atoms with Crippen molar-refractivity contribution in [2.24, 2.45) is 4.99 Å². The molecule has 0 aromatic heterocycles. The Morgan fingerprint density at radius 1 is 1.43 bits per heavy atom. The largest absolute Gasteiger partial charge is 0.611 e. The van der Waals surface area contributed by atoms with Gasteiger partial charge < -0.3 is 4.55 Å². The smallest absolute Gasteiger partial charge is 0.228 e. The molecule has 2 rings (SSSR count). The quantitative estimate of drug-likeness (QED) is 0.608. The molecule has 1 atom stereocenters. The maximum absolute atomic E-state index is 11.6. The van der Waals surface area contributed by atoms with Gasteiger partial charge in [0.25, 0.3) is 0 Å². The van der Waals surface area contributed by atoms with Gasteiger partial charge in [0.15, 0.2) is 5.78 Å². The average molecular weight is 207 g/mol. The first-order valence-corrected chi connectivity index (χ1v) is 5.77. The Morgan fingerprint density at radius 2 is 2.14 bits per heavy atom. The van der Waals surface area contributed by atoms with Crippen LogP contribution < -0.4 is 0 Å². The molecule has 0 N–H and O–H groups in total. The van der Waals surface area contributed by atoms with Crippen molar-refractivity contribution in [3.05, 3.63) is 29.8 Å². The molecule has 72 valence electrons. The molecule has 0 fully saturated rings. The number of Topliss-reactive ketones (excluding diaryl/α,β-unsaturated/α-hetero) is 1. The van der Waals surface area contributed by atoms with Gasteiger partial charge in [-0.15, -0.1) is 0 Å². The zero-order chi connectivity index (χ0) is 10.1. The SMILES string of the molecule is C[S+]([O-])C1=Nc2ccccc2C(=O)C1. The Balaban J connectivity index is 2.50. The highest BCUT2D eigenvalue weighted by molar-refractivity contribution is 8.05. The number of carbonyl (C=O) groups is 1. The van der Waals surface area contributed by atoms with Gasteiger partial charge in [-0.05, 0) is 23.3 Å². The van der Waals surface area contributed by atoms with E-state index >= 15 is 0 Å². The number of nitrogens with zero attached hydrogens (tertiary/aromatic N) is 1. The topological polar surface area (TPSA) is 52.5 Å². The van der Waals surface area contributed by atoms with Crippen molar-refractivity contribution in [2.75, 3.05) is 6.26 Å². The van der Waals surface area contributed by atoms with Gasteiger partial charge in [-0.2, -0.15) is 0 Å². The molecule has 0 radical (unpaired) electrons. The van der Waals surface area contributed by atoms with Crippen molar-refractivity contribution in [1.82, 2.24) is 0 Å². The van der Waals surface area contributed by atoms with Crippen LogP contribution in [0.2, 0.25) is 0 Å². The second kappa shape index (κ2) is 3.55. The molecular formula is C10H9NO2S. The number of hydrogen-bond donors (Lipinski definition) is 0. The molecule has 0 saturated carbocycles. The van der Waals surface area contributed by atoms with Crippen LogP contribution >= 0.6 is 0 Å². The highest BCUT2D eigenvalue weighted by Gasteiger charge is 2.24. The van der Waals surface area contributed by atoms with E-state index in [9.17, 15) is 9.35 Å². The third kappa shape index (κ3) is 1.58. The molecule has 0 aliphatic carbocycles. The molecule has 1 aliphatic heterocycles. The lowest BCUT2D eigenvalue weighted by Crippen LogP contribution is -2.20. The molecule has 1 aromatic rings. The Bertz CT molecular complexity index is 412. The van der Waals surface area contributed by atoms with Crippen molar-refractivity contribution < 1.29 is 9.35 Å². The number of para-hydroxylation sites is 1. The van der Waals surface area contributed by atoms with E-state index in [-0.39, 0.29) is 12.2 Å². The summed E-state index contributed by atoms with van der Waals surface area (Å²) in [5.74, 6) is 0.000741. The van der Waals surface area contributed by atoms with Crippen molar-refractivity contribution in [3.8, 4) is 0 Å². The van der Waals surface area contributed by atoms with Crippen LogP contribution in [0.5, 0.6) is 0 Å². The van der Waals surface area contributed by atoms with E-state index in [1.165, 1.54) is 0 Å². The summed E-state index contributed by atoms with van der Waals surface area (Å²) in [5.41, 5.74) is 1.26. The summed E-state index contributed by atoms with van der Waals surface area (Å²) >= 11 is -1.15. The number of benzene rings is 1. The molecule has 1 aromatic carbocycles. The minimum atomic E-state index is -1.15. The van der Waals surface area contributed by atoms with Crippen molar-refractivity contribution in [3.63, 3.8) is 0 Å². The maximum atomic E-state index is 11.6. The number of carbonyl (C=O) groups excluding carboxylic acids is 1. The number of fused-ring (bicyclic) bond motifs is 1. The van der Waals surface area contributed by atoms with Gasteiger partial charge in [0.05, 0.1) is 12.1 Å². The number of ketones is 1. The zero-order valence-electron chi connectivity index (χ0n) is 7.69. The van der Waals surface area contributed by atoms with E-state index in [0.717, 1.165) is 0 Å². The fourth-order valence-electron chi connectivity index (χ4n) is 1.38. The van der Waals surface area contributed by atoms with Crippen LogP contribution in [0, 0.1) is 0 Å². The van der Waals surface area contributed by atoms with Gasteiger partial charge in [-0.25, -0.2) is 4.99 Å². The van der Waals surface area contributed by atoms with E-state index in [2.05, 4.69) is 4.99 Å². The van der Waals surface area contributed by atoms with Crippen LogP contribution in [0.4, 0.5) is 5.69 Å². The average Bonchev–Trinajstić information content (AvgIpc) is 2.17. The fourth-order valence-corrected chi connectivity index (χ4v) is 1.94. The Hall–Kier alpha value is -1.13. The summed E-state index contributed by atoms with van der Waals surface area (Å²) in [6, 6.07) is 7.13. The first-order chi connectivity index (χ1) is 6.68. The first kappa shape index (κ1) is 9.43. The van der Waals surface area contributed by atoms with Crippen molar-refractivity contribution >= 4 is 27.7 Å². The summed E-state index contributed by atoms with van der Waals surface area (Å²) in [6.45, 7) is 0. The monoisotopic (exact) mass is 207 g/mol. The molecule has 3 nitrogen and oxygen atoms in total. The van der Waals surface area contributed by atoms with E-state index in [0.29, 0.717) is 16.3 Å². The molecule has 4 heteroatoms. The second-order valence-corrected chi connectivity index (χ2v) is 4.46. The Morgan fingerprint density at radius 3 is 2.86 bits per heavy atom. The van der Waals surface area contributed by atoms with Crippen LogP contribution in [-0.2, 0) is 11.2 Å². The van der Waals surface area contributed by atoms with E-state index in [1.54, 1.807) is 24.5 Å². The Labute approximate surface area is 85.0 Å². The first-order valence-electron chi connectivity index (χ1n) is 4.21. The van der Waals surface area contributed by atoms with Gasteiger partial charge in [0, 0.05) is 5.56 Å². The molecule has 0 spiro atoms. The zero-order valence-corrected chi connectivity index (χ0v) is 8.50. The van der Waals surface area contributed by atoms with Gasteiger partial charge in [0.2, 0.25) is 5.04 Å². The molecule has 1 heterocycles. The number of hydrogen-bond acceptors (Lipinski definition) is 3. The van der Waals surface area contributed by atoms with Crippen LogP contribution in [0.25, 0.3) is 0 Å². The molecule has 0 bridgehead atoms. The molecule has 1 unspecified atom stereocenters.